The highest BCUT2D eigenvalue weighted by atomic mass is 16.6. The molecule has 1 saturated heterocycles. The third-order valence-electron chi connectivity index (χ3n) is 2.43. The van der Waals surface area contributed by atoms with E-state index in [9.17, 15) is 4.79 Å². The quantitative estimate of drug-likeness (QED) is 0.646. The van der Waals surface area contributed by atoms with Crippen molar-refractivity contribution in [3.05, 3.63) is 0 Å². The van der Waals surface area contributed by atoms with Crippen LogP contribution in [-0.2, 0) is 14.3 Å². The molecular weight excluding hydrogens is 172 g/mol. The molecule has 1 fully saturated rings. The molecule has 1 N–H and O–H groups in total. The summed E-state index contributed by atoms with van der Waals surface area (Å²) in [6.07, 6.45) is -0.102. The summed E-state index contributed by atoms with van der Waals surface area (Å²) in [7, 11) is 0. The van der Waals surface area contributed by atoms with E-state index in [1.54, 1.807) is 0 Å². The SMILES string of the molecule is CCC1(COC(=O)C(C)O)COC1. The fourth-order valence-corrected chi connectivity index (χ4v) is 1.13. The molecule has 0 amide bonds. The smallest absolute Gasteiger partial charge is 0.334 e. The van der Waals surface area contributed by atoms with Gasteiger partial charge in [-0.2, -0.15) is 0 Å². The zero-order valence-electron chi connectivity index (χ0n) is 8.08. The number of carbonyl (C=O) groups is 1. The molecule has 1 atom stereocenters. The van der Waals surface area contributed by atoms with Gasteiger partial charge in [-0.05, 0) is 13.3 Å². The highest BCUT2D eigenvalue weighted by Crippen LogP contribution is 2.31. The number of rotatable bonds is 4. The Kier molecular flexibility index (Phi) is 3.27. The van der Waals surface area contributed by atoms with Crippen molar-refractivity contribution in [3.63, 3.8) is 0 Å². The summed E-state index contributed by atoms with van der Waals surface area (Å²) < 4.78 is 10.0. The van der Waals surface area contributed by atoms with Gasteiger partial charge in [0.25, 0.3) is 0 Å². The van der Waals surface area contributed by atoms with Crippen LogP contribution in [0, 0.1) is 5.41 Å². The van der Waals surface area contributed by atoms with Crippen LogP contribution in [0.15, 0.2) is 0 Å². The van der Waals surface area contributed by atoms with Crippen LogP contribution < -0.4 is 0 Å². The van der Waals surface area contributed by atoms with Gasteiger partial charge >= 0.3 is 5.97 Å². The lowest BCUT2D eigenvalue weighted by Gasteiger charge is -2.40. The second-order valence-corrected chi connectivity index (χ2v) is 3.63. The maximum atomic E-state index is 10.9. The van der Waals surface area contributed by atoms with Crippen LogP contribution in [0.25, 0.3) is 0 Å². The number of carbonyl (C=O) groups excluding carboxylic acids is 1. The van der Waals surface area contributed by atoms with Crippen molar-refractivity contribution in [1.29, 1.82) is 0 Å². The Bertz CT molecular complexity index is 179. The molecule has 1 unspecified atom stereocenters. The first-order chi connectivity index (χ1) is 6.09. The van der Waals surface area contributed by atoms with E-state index >= 15 is 0 Å². The summed E-state index contributed by atoms with van der Waals surface area (Å²) in [6, 6.07) is 0. The molecule has 0 aromatic heterocycles. The lowest BCUT2D eigenvalue weighted by Crippen LogP contribution is -2.46. The molecule has 1 rings (SSSR count). The van der Waals surface area contributed by atoms with Gasteiger partial charge in [-0.1, -0.05) is 6.92 Å². The van der Waals surface area contributed by atoms with Gasteiger partial charge in [0, 0.05) is 0 Å². The van der Waals surface area contributed by atoms with Gasteiger partial charge in [0.2, 0.25) is 0 Å². The minimum absolute atomic E-state index is 0.00451. The summed E-state index contributed by atoms with van der Waals surface area (Å²) in [4.78, 5) is 10.9. The maximum absolute atomic E-state index is 10.9. The van der Waals surface area contributed by atoms with Crippen molar-refractivity contribution in [3.8, 4) is 0 Å². The van der Waals surface area contributed by atoms with Crippen LogP contribution in [0.4, 0.5) is 0 Å². The van der Waals surface area contributed by atoms with E-state index in [4.69, 9.17) is 14.6 Å². The molecule has 0 radical (unpaired) electrons. The first-order valence-electron chi connectivity index (χ1n) is 4.52. The monoisotopic (exact) mass is 188 g/mol. The van der Waals surface area contributed by atoms with Gasteiger partial charge in [-0.25, -0.2) is 4.79 Å². The van der Waals surface area contributed by atoms with Crippen molar-refractivity contribution in [2.45, 2.75) is 26.4 Å². The molecular formula is C9H16O4. The van der Waals surface area contributed by atoms with E-state index in [1.807, 2.05) is 6.92 Å². The molecule has 0 aromatic carbocycles. The number of aliphatic hydroxyl groups is 1. The number of hydrogen-bond donors (Lipinski definition) is 1. The zero-order chi connectivity index (χ0) is 9.90. The third-order valence-corrected chi connectivity index (χ3v) is 2.43. The van der Waals surface area contributed by atoms with Crippen molar-refractivity contribution >= 4 is 5.97 Å². The Labute approximate surface area is 77.8 Å². The number of esters is 1. The van der Waals surface area contributed by atoms with E-state index in [2.05, 4.69) is 0 Å². The van der Waals surface area contributed by atoms with E-state index < -0.39 is 12.1 Å². The first-order valence-corrected chi connectivity index (χ1v) is 4.52. The zero-order valence-corrected chi connectivity index (χ0v) is 8.08. The number of hydrogen-bond acceptors (Lipinski definition) is 4. The predicted octanol–water partition coefficient (Wildman–Crippen LogP) is 0.337. The number of aliphatic hydroxyl groups excluding tert-OH is 1. The van der Waals surface area contributed by atoms with Gasteiger partial charge in [0.15, 0.2) is 0 Å². The minimum atomic E-state index is -1.03. The van der Waals surface area contributed by atoms with Crippen LogP contribution in [-0.4, -0.2) is 37.0 Å². The Balaban J connectivity index is 2.28. The van der Waals surface area contributed by atoms with Crippen LogP contribution in [0.2, 0.25) is 0 Å². The molecule has 13 heavy (non-hydrogen) atoms. The van der Waals surface area contributed by atoms with Crippen molar-refractivity contribution in [1.82, 2.24) is 0 Å². The molecule has 0 spiro atoms. The Morgan fingerprint density at radius 2 is 2.31 bits per heavy atom. The predicted molar refractivity (Wildman–Crippen MR) is 46.2 cm³/mol. The Morgan fingerprint density at radius 1 is 1.69 bits per heavy atom. The number of ether oxygens (including phenoxy) is 2. The molecule has 1 aliphatic heterocycles. The van der Waals surface area contributed by atoms with E-state index in [-0.39, 0.29) is 5.41 Å². The minimum Gasteiger partial charge on any atom is -0.463 e. The van der Waals surface area contributed by atoms with Crippen molar-refractivity contribution in [2.24, 2.45) is 5.41 Å². The maximum Gasteiger partial charge on any atom is 0.334 e. The fraction of sp³-hybridized carbons (Fsp3) is 0.889. The summed E-state index contributed by atoms with van der Waals surface area (Å²) in [5, 5.41) is 8.88. The van der Waals surface area contributed by atoms with Gasteiger partial charge < -0.3 is 14.6 Å². The molecule has 0 bridgehead atoms. The standard InChI is InChI=1S/C9H16O4/c1-3-9(4-12-5-9)6-13-8(11)7(2)10/h7,10H,3-6H2,1-2H3. The average molecular weight is 188 g/mol. The van der Waals surface area contributed by atoms with Gasteiger partial charge in [0.1, 0.15) is 12.7 Å². The fourth-order valence-electron chi connectivity index (χ4n) is 1.13. The van der Waals surface area contributed by atoms with Crippen LogP contribution in [0.1, 0.15) is 20.3 Å². The topological polar surface area (TPSA) is 55.8 Å². The summed E-state index contributed by atoms with van der Waals surface area (Å²) in [5.74, 6) is -0.556. The second-order valence-electron chi connectivity index (χ2n) is 3.63. The molecule has 4 nitrogen and oxygen atoms in total. The van der Waals surface area contributed by atoms with Gasteiger partial charge in [-0.15, -0.1) is 0 Å². The molecule has 1 aliphatic rings. The second kappa shape index (κ2) is 4.07. The normalized spacial score (nSPS) is 21.8. The summed E-state index contributed by atoms with van der Waals surface area (Å²) >= 11 is 0. The summed E-state index contributed by atoms with van der Waals surface area (Å²) in [5.41, 5.74) is 0.00451. The average Bonchev–Trinajstić information content (AvgIpc) is 2.02. The van der Waals surface area contributed by atoms with Crippen LogP contribution >= 0.6 is 0 Å². The molecule has 0 saturated carbocycles. The molecule has 1 heterocycles. The molecule has 76 valence electrons. The Hall–Kier alpha value is -0.610. The van der Waals surface area contributed by atoms with Crippen molar-refractivity contribution < 1.29 is 19.4 Å². The molecule has 4 heteroatoms. The lowest BCUT2D eigenvalue weighted by atomic mass is 9.84. The molecule has 0 aromatic rings. The van der Waals surface area contributed by atoms with Gasteiger partial charge in [0.05, 0.1) is 18.6 Å². The first kappa shape index (κ1) is 10.5. The highest BCUT2D eigenvalue weighted by molar-refractivity contribution is 5.73. The van der Waals surface area contributed by atoms with E-state index in [1.165, 1.54) is 6.92 Å². The van der Waals surface area contributed by atoms with Gasteiger partial charge in [-0.3, -0.25) is 0 Å². The van der Waals surface area contributed by atoms with Crippen LogP contribution in [0.3, 0.4) is 0 Å². The highest BCUT2D eigenvalue weighted by Gasteiger charge is 2.38. The van der Waals surface area contributed by atoms with Crippen LogP contribution in [0.5, 0.6) is 0 Å². The van der Waals surface area contributed by atoms with E-state index in [0.29, 0.717) is 19.8 Å². The molecule has 0 aliphatic carbocycles. The largest absolute Gasteiger partial charge is 0.463 e. The van der Waals surface area contributed by atoms with E-state index in [0.717, 1.165) is 6.42 Å². The van der Waals surface area contributed by atoms with Crippen molar-refractivity contribution in [2.75, 3.05) is 19.8 Å². The third kappa shape index (κ3) is 2.42. The lowest BCUT2D eigenvalue weighted by molar-refractivity contribution is -0.176. The summed E-state index contributed by atoms with van der Waals surface area (Å²) in [6.45, 7) is 5.09. The Morgan fingerprint density at radius 3 is 2.62 bits per heavy atom.